The summed E-state index contributed by atoms with van der Waals surface area (Å²) in [6.45, 7) is 4.37. The molecule has 0 radical (unpaired) electrons. The van der Waals surface area contributed by atoms with Gasteiger partial charge in [0.1, 0.15) is 11.5 Å². The lowest BCUT2D eigenvalue weighted by Gasteiger charge is -2.30. The largest absolute Gasteiger partial charge is 0.497 e. The average molecular weight is 437 g/mol. The van der Waals surface area contributed by atoms with Crippen LogP contribution in [-0.4, -0.2) is 55.5 Å². The molecule has 2 heterocycles. The van der Waals surface area contributed by atoms with E-state index in [1.165, 1.54) is 31.0 Å². The fourth-order valence-electron chi connectivity index (χ4n) is 3.39. The number of imidazole rings is 1. The van der Waals surface area contributed by atoms with Gasteiger partial charge in [-0.1, -0.05) is 0 Å². The molecule has 1 aromatic heterocycles. The molecule has 0 unspecified atom stereocenters. The number of nitrogens with zero attached hydrogens (tertiary/aromatic N) is 3. The van der Waals surface area contributed by atoms with Crippen molar-refractivity contribution in [3.63, 3.8) is 0 Å². The number of benzene rings is 1. The molecular weight excluding hydrogens is 408 g/mol. The van der Waals surface area contributed by atoms with E-state index < -0.39 is 15.9 Å². The molecule has 9 nitrogen and oxygen atoms in total. The SMILES string of the molecule is COc1ccc(OC)c(NC(=O)[C@@H]2CCCN(S(=O)(=O)c3cn(C(C)C)cn3)C2)c1. The third-order valence-corrected chi connectivity index (χ3v) is 6.95. The molecule has 1 saturated heterocycles. The van der Waals surface area contributed by atoms with Crippen molar-refractivity contribution in [3.8, 4) is 11.5 Å². The Kier molecular flexibility index (Phi) is 6.67. The summed E-state index contributed by atoms with van der Waals surface area (Å²) in [4.78, 5) is 17.0. The maximum Gasteiger partial charge on any atom is 0.262 e. The Hall–Kier alpha value is -2.59. The first-order valence-corrected chi connectivity index (χ1v) is 11.3. The second-order valence-electron chi connectivity index (χ2n) is 7.51. The first-order valence-electron chi connectivity index (χ1n) is 9.82. The van der Waals surface area contributed by atoms with E-state index in [4.69, 9.17) is 9.47 Å². The van der Waals surface area contributed by atoms with Crippen LogP contribution in [0.25, 0.3) is 0 Å². The molecule has 1 fully saturated rings. The molecule has 1 N–H and O–H groups in total. The van der Waals surface area contributed by atoms with Gasteiger partial charge >= 0.3 is 0 Å². The van der Waals surface area contributed by atoms with E-state index in [-0.39, 0.29) is 23.5 Å². The van der Waals surface area contributed by atoms with Crippen LogP contribution in [0.2, 0.25) is 0 Å². The summed E-state index contributed by atoms with van der Waals surface area (Å²) in [5.74, 6) is 0.356. The van der Waals surface area contributed by atoms with Gasteiger partial charge in [0.25, 0.3) is 10.0 Å². The normalized spacial score (nSPS) is 17.7. The molecule has 164 valence electrons. The van der Waals surface area contributed by atoms with Crippen LogP contribution in [0.3, 0.4) is 0 Å². The Morgan fingerprint density at radius 2 is 2.03 bits per heavy atom. The van der Waals surface area contributed by atoms with Gasteiger partial charge in [0.05, 0.1) is 32.2 Å². The zero-order chi connectivity index (χ0) is 21.9. The van der Waals surface area contributed by atoms with Gasteiger partial charge in [-0.15, -0.1) is 0 Å². The van der Waals surface area contributed by atoms with Gasteiger partial charge in [-0.3, -0.25) is 4.79 Å². The summed E-state index contributed by atoms with van der Waals surface area (Å²) in [6, 6.07) is 5.22. The molecule has 1 atom stereocenters. The van der Waals surface area contributed by atoms with Crippen molar-refractivity contribution in [3.05, 3.63) is 30.7 Å². The first-order chi connectivity index (χ1) is 14.3. The number of sulfonamides is 1. The molecule has 1 aliphatic rings. The van der Waals surface area contributed by atoms with Crippen LogP contribution in [0.1, 0.15) is 32.7 Å². The van der Waals surface area contributed by atoms with Crippen molar-refractivity contribution < 1.29 is 22.7 Å². The second-order valence-corrected chi connectivity index (χ2v) is 9.40. The van der Waals surface area contributed by atoms with E-state index in [0.29, 0.717) is 36.6 Å². The molecule has 1 aliphatic heterocycles. The van der Waals surface area contributed by atoms with E-state index in [1.807, 2.05) is 13.8 Å². The minimum absolute atomic E-state index is 0.00623. The summed E-state index contributed by atoms with van der Waals surface area (Å²) >= 11 is 0. The molecule has 0 bridgehead atoms. The Morgan fingerprint density at radius 3 is 2.67 bits per heavy atom. The lowest BCUT2D eigenvalue weighted by Crippen LogP contribution is -2.43. The fourth-order valence-corrected chi connectivity index (χ4v) is 4.83. The van der Waals surface area contributed by atoms with Gasteiger partial charge in [-0.25, -0.2) is 13.4 Å². The monoisotopic (exact) mass is 436 g/mol. The molecule has 0 spiro atoms. The van der Waals surface area contributed by atoms with Gasteiger partial charge in [-0.05, 0) is 38.8 Å². The zero-order valence-electron chi connectivity index (χ0n) is 17.7. The highest BCUT2D eigenvalue weighted by Crippen LogP contribution is 2.30. The highest BCUT2D eigenvalue weighted by molar-refractivity contribution is 7.89. The van der Waals surface area contributed by atoms with Crippen LogP contribution in [0.5, 0.6) is 11.5 Å². The number of aromatic nitrogens is 2. The molecule has 30 heavy (non-hydrogen) atoms. The van der Waals surface area contributed by atoms with Crippen LogP contribution in [0, 0.1) is 5.92 Å². The van der Waals surface area contributed by atoms with Crippen molar-refractivity contribution >= 4 is 21.6 Å². The lowest BCUT2D eigenvalue weighted by atomic mass is 9.98. The van der Waals surface area contributed by atoms with Crippen molar-refractivity contribution in [1.29, 1.82) is 0 Å². The highest BCUT2D eigenvalue weighted by atomic mass is 32.2. The Bertz CT molecular complexity index is 1000. The molecule has 0 saturated carbocycles. The van der Waals surface area contributed by atoms with E-state index in [9.17, 15) is 13.2 Å². The summed E-state index contributed by atoms with van der Waals surface area (Å²) < 4.78 is 39.6. The van der Waals surface area contributed by atoms with Gasteiger partial charge in [0, 0.05) is 31.4 Å². The van der Waals surface area contributed by atoms with E-state index in [1.54, 1.807) is 22.8 Å². The number of nitrogens with one attached hydrogen (secondary N) is 1. The van der Waals surface area contributed by atoms with Crippen molar-refractivity contribution in [2.45, 2.75) is 37.8 Å². The maximum absolute atomic E-state index is 13.0. The summed E-state index contributed by atoms with van der Waals surface area (Å²) in [5, 5.41) is 2.86. The van der Waals surface area contributed by atoms with Crippen LogP contribution in [-0.2, 0) is 14.8 Å². The first kappa shape index (κ1) is 22.1. The maximum atomic E-state index is 13.0. The summed E-state index contributed by atoms with van der Waals surface area (Å²) in [5.41, 5.74) is 0.484. The van der Waals surface area contributed by atoms with Crippen LogP contribution < -0.4 is 14.8 Å². The van der Waals surface area contributed by atoms with Crippen molar-refractivity contribution in [1.82, 2.24) is 13.9 Å². The van der Waals surface area contributed by atoms with Crippen molar-refractivity contribution in [2.75, 3.05) is 32.6 Å². The Morgan fingerprint density at radius 1 is 1.27 bits per heavy atom. The predicted molar refractivity (Wildman–Crippen MR) is 112 cm³/mol. The Labute approximate surface area is 177 Å². The van der Waals surface area contributed by atoms with Crippen LogP contribution in [0.4, 0.5) is 5.69 Å². The minimum atomic E-state index is -3.76. The third-order valence-electron chi connectivity index (χ3n) is 5.20. The second kappa shape index (κ2) is 9.05. The quantitative estimate of drug-likeness (QED) is 0.715. The summed E-state index contributed by atoms with van der Waals surface area (Å²) in [7, 11) is -0.705. The third kappa shape index (κ3) is 4.59. The number of carbonyl (C=O) groups excluding carboxylic acids is 1. The fraction of sp³-hybridized carbons (Fsp3) is 0.500. The molecule has 1 amide bonds. The van der Waals surface area contributed by atoms with Crippen molar-refractivity contribution in [2.24, 2.45) is 5.92 Å². The number of hydrogen-bond donors (Lipinski definition) is 1. The molecule has 2 aromatic rings. The average Bonchev–Trinajstić information content (AvgIpc) is 3.25. The number of amides is 1. The number of methoxy groups -OCH3 is 2. The highest BCUT2D eigenvalue weighted by Gasteiger charge is 2.34. The topological polar surface area (TPSA) is 103 Å². The number of hydrogen-bond acceptors (Lipinski definition) is 6. The standard InChI is InChI=1S/C20H28N4O5S/c1-14(2)23-12-19(21-13-23)30(26,27)24-9-5-6-15(11-24)20(25)22-17-10-16(28-3)7-8-18(17)29-4/h7-8,10,12-15H,5-6,9,11H2,1-4H3,(H,22,25)/t15-/m1/s1. The predicted octanol–water partition coefficient (Wildman–Crippen LogP) is 2.52. The molecule has 1 aromatic carbocycles. The Balaban J connectivity index is 1.75. The summed E-state index contributed by atoms with van der Waals surface area (Å²) in [6.07, 6.45) is 4.24. The van der Waals surface area contributed by atoms with Crippen LogP contribution in [0.15, 0.2) is 35.7 Å². The number of ether oxygens (including phenoxy) is 2. The van der Waals surface area contributed by atoms with Gasteiger partial charge in [0.2, 0.25) is 5.91 Å². The van der Waals surface area contributed by atoms with E-state index in [2.05, 4.69) is 10.3 Å². The van der Waals surface area contributed by atoms with E-state index >= 15 is 0 Å². The number of piperidine rings is 1. The molecular formula is C20H28N4O5S. The number of anilines is 1. The minimum Gasteiger partial charge on any atom is -0.497 e. The smallest absolute Gasteiger partial charge is 0.262 e. The molecule has 10 heteroatoms. The lowest BCUT2D eigenvalue weighted by molar-refractivity contribution is -0.120. The number of carbonyl (C=O) groups is 1. The van der Waals surface area contributed by atoms with Gasteiger partial charge in [-0.2, -0.15) is 4.31 Å². The van der Waals surface area contributed by atoms with Crippen LogP contribution >= 0.6 is 0 Å². The van der Waals surface area contributed by atoms with Gasteiger partial charge in [0.15, 0.2) is 5.03 Å². The van der Waals surface area contributed by atoms with Gasteiger partial charge < -0.3 is 19.4 Å². The number of rotatable bonds is 7. The molecule has 0 aliphatic carbocycles. The molecule has 3 rings (SSSR count). The van der Waals surface area contributed by atoms with E-state index in [0.717, 1.165) is 0 Å². The zero-order valence-corrected chi connectivity index (χ0v) is 18.5.